The fraction of sp³-hybridized carbons (Fsp3) is 0.133. The van der Waals surface area contributed by atoms with Crippen molar-refractivity contribution < 1.29 is 18.3 Å². The fourth-order valence-electron chi connectivity index (χ4n) is 1.67. The quantitative estimate of drug-likeness (QED) is 0.772. The zero-order valence-corrected chi connectivity index (χ0v) is 13.2. The Labute approximate surface area is 141 Å². The van der Waals surface area contributed by atoms with Gasteiger partial charge in [0, 0.05) is 6.07 Å². The summed E-state index contributed by atoms with van der Waals surface area (Å²) in [5, 5.41) is 5.63. The molecule has 2 amide bonds. The Bertz CT molecular complexity index is 714. The van der Waals surface area contributed by atoms with Gasteiger partial charge in [0.25, 0.3) is 0 Å². The van der Waals surface area contributed by atoms with Crippen molar-refractivity contribution in [3.05, 3.63) is 58.1 Å². The zero-order chi connectivity index (χ0) is 16.8. The third kappa shape index (κ3) is 4.97. The molecule has 0 heterocycles. The number of amides is 2. The molecule has 23 heavy (non-hydrogen) atoms. The summed E-state index contributed by atoms with van der Waals surface area (Å²) < 4.78 is 30.9. The summed E-state index contributed by atoms with van der Waals surface area (Å²) >= 11 is 11.8. The molecule has 0 aliphatic carbocycles. The summed E-state index contributed by atoms with van der Waals surface area (Å²) in [4.78, 5) is 11.7. The molecular formula is C15H12Cl2F2N2O2. The number of anilines is 1. The lowest BCUT2D eigenvalue weighted by atomic mass is 10.3. The van der Waals surface area contributed by atoms with Crippen molar-refractivity contribution in [2.24, 2.45) is 0 Å². The average molecular weight is 361 g/mol. The molecule has 2 aromatic rings. The van der Waals surface area contributed by atoms with Gasteiger partial charge in [-0.15, -0.1) is 0 Å². The number of nitrogens with one attached hydrogen (secondary N) is 2. The molecule has 0 saturated carbocycles. The van der Waals surface area contributed by atoms with Crippen LogP contribution in [0.15, 0.2) is 36.4 Å². The number of hydrogen-bond donors (Lipinski definition) is 2. The monoisotopic (exact) mass is 360 g/mol. The Balaban J connectivity index is 1.76. The second-order valence-corrected chi connectivity index (χ2v) is 5.19. The topological polar surface area (TPSA) is 50.4 Å². The molecule has 2 N–H and O–H groups in total. The lowest BCUT2D eigenvalue weighted by Gasteiger charge is -2.10. The summed E-state index contributed by atoms with van der Waals surface area (Å²) in [6.45, 7) is 0.241. The van der Waals surface area contributed by atoms with Crippen molar-refractivity contribution in [3.63, 3.8) is 0 Å². The van der Waals surface area contributed by atoms with Crippen LogP contribution in [0.1, 0.15) is 0 Å². The molecule has 122 valence electrons. The normalized spacial score (nSPS) is 10.3. The third-order valence-electron chi connectivity index (χ3n) is 2.75. The Morgan fingerprint density at radius 1 is 1.13 bits per heavy atom. The zero-order valence-electron chi connectivity index (χ0n) is 11.7. The van der Waals surface area contributed by atoms with E-state index in [1.165, 1.54) is 6.07 Å². The Morgan fingerprint density at radius 3 is 2.65 bits per heavy atom. The minimum absolute atomic E-state index is 0.0851. The van der Waals surface area contributed by atoms with Crippen molar-refractivity contribution in [3.8, 4) is 5.75 Å². The molecule has 0 unspecified atom stereocenters. The minimum atomic E-state index is -0.996. The van der Waals surface area contributed by atoms with E-state index in [4.69, 9.17) is 27.9 Å². The molecule has 0 saturated heterocycles. The Kier molecular flexibility index (Phi) is 6.01. The predicted molar refractivity (Wildman–Crippen MR) is 85.3 cm³/mol. The first-order valence-electron chi connectivity index (χ1n) is 6.54. The Hall–Kier alpha value is -2.05. The van der Waals surface area contributed by atoms with E-state index in [2.05, 4.69) is 10.6 Å². The van der Waals surface area contributed by atoms with Crippen molar-refractivity contribution in [2.45, 2.75) is 0 Å². The number of halogens is 4. The van der Waals surface area contributed by atoms with Crippen LogP contribution in [0.4, 0.5) is 19.3 Å². The Morgan fingerprint density at radius 2 is 1.91 bits per heavy atom. The highest BCUT2D eigenvalue weighted by Gasteiger charge is 2.08. The van der Waals surface area contributed by atoms with Gasteiger partial charge >= 0.3 is 6.03 Å². The molecule has 0 atom stereocenters. The molecule has 2 rings (SSSR count). The van der Waals surface area contributed by atoms with Crippen LogP contribution >= 0.6 is 23.2 Å². The van der Waals surface area contributed by atoms with Crippen molar-refractivity contribution in [1.29, 1.82) is 0 Å². The number of carbonyl (C=O) groups is 1. The molecule has 0 fully saturated rings. The maximum absolute atomic E-state index is 13.0. The maximum Gasteiger partial charge on any atom is 0.319 e. The molecule has 0 aliphatic rings. The van der Waals surface area contributed by atoms with Crippen LogP contribution in [-0.4, -0.2) is 19.2 Å². The van der Waals surface area contributed by atoms with Gasteiger partial charge in [-0.3, -0.25) is 0 Å². The first kappa shape index (κ1) is 17.3. The number of carbonyl (C=O) groups excluding carboxylic acids is 1. The van der Waals surface area contributed by atoms with Crippen LogP contribution in [0.2, 0.25) is 10.0 Å². The van der Waals surface area contributed by atoms with Gasteiger partial charge in [-0.25, -0.2) is 13.6 Å². The smallest absolute Gasteiger partial charge is 0.319 e. The molecule has 0 spiro atoms. The van der Waals surface area contributed by atoms with E-state index in [0.29, 0.717) is 10.7 Å². The number of rotatable bonds is 5. The lowest BCUT2D eigenvalue weighted by molar-refractivity contribution is 0.247. The van der Waals surface area contributed by atoms with Crippen molar-refractivity contribution in [1.82, 2.24) is 5.32 Å². The highest BCUT2D eigenvalue weighted by Crippen LogP contribution is 2.29. The van der Waals surface area contributed by atoms with Gasteiger partial charge in [-0.2, -0.15) is 0 Å². The van der Waals surface area contributed by atoms with E-state index in [1.54, 1.807) is 18.2 Å². The first-order chi connectivity index (χ1) is 11.0. The van der Waals surface area contributed by atoms with Gasteiger partial charge in [0.1, 0.15) is 12.4 Å². The van der Waals surface area contributed by atoms with Crippen LogP contribution in [0.25, 0.3) is 0 Å². The molecule has 0 radical (unpaired) electrons. The summed E-state index contributed by atoms with van der Waals surface area (Å²) in [6, 6.07) is 7.55. The number of benzene rings is 2. The second kappa shape index (κ2) is 7.99. The summed E-state index contributed by atoms with van der Waals surface area (Å²) in [6.07, 6.45) is 0. The molecule has 2 aromatic carbocycles. The van der Waals surface area contributed by atoms with E-state index < -0.39 is 17.7 Å². The first-order valence-corrected chi connectivity index (χ1v) is 7.29. The number of urea groups is 1. The van der Waals surface area contributed by atoms with Crippen LogP contribution < -0.4 is 15.4 Å². The van der Waals surface area contributed by atoms with Gasteiger partial charge < -0.3 is 15.4 Å². The third-order valence-corrected chi connectivity index (χ3v) is 3.57. The average Bonchev–Trinajstić information content (AvgIpc) is 2.52. The molecule has 4 nitrogen and oxygen atoms in total. The van der Waals surface area contributed by atoms with Crippen LogP contribution in [-0.2, 0) is 0 Å². The summed E-state index contributed by atoms with van der Waals surface area (Å²) in [5.41, 5.74) is 0.373. The molecule has 8 heteroatoms. The van der Waals surface area contributed by atoms with Crippen molar-refractivity contribution >= 4 is 34.9 Å². The largest absolute Gasteiger partial charge is 0.492 e. The summed E-state index contributed by atoms with van der Waals surface area (Å²) in [5.74, 6) is -1.78. The standard InChI is InChI=1S/C15H12Cl2F2N2O2/c16-10-2-1-3-13(14(10)17)21-15(22)20-6-7-23-9-4-5-11(18)12(19)8-9/h1-5,8H,6-7H2,(H2,20,21,22). The molecular weight excluding hydrogens is 349 g/mol. The van der Waals surface area contributed by atoms with Gasteiger partial charge in [0.05, 0.1) is 22.3 Å². The minimum Gasteiger partial charge on any atom is -0.492 e. The second-order valence-electron chi connectivity index (χ2n) is 4.41. The number of ether oxygens (including phenoxy) is 1. The van der Waals surface area contributed by atoms with Gasteiger partial charge in [0.15, 0.2) is 11.6 Å². The lowest BCUT2D eigenvalue weighted by Crippen LogP contribution is -2.32. The van der Waals surface area contributed by atoms with E-state index >= 15 is 0 Å². The fourth-order valence-corrected chi connectivity index (χ4v) is 2.01. The van der Waals surface area contributed by atoms with Gasteiger partial charge in [0.2, 0.25) is 0 Å². The highest BCUT2D eigenvalue weighted by atomic mass is 35.5. The van der Waals surface area contributed by atoms with E-state index in [1.807, 2.05) is 0 Å². The van der Waals surface area contributed by atoms with E-state index in [0.717, 1.165) is 12.1 Å². The maximum atomic E-state index is 13.0. The van der Waals surface area contributed by atoms with E-state index in [-0.39, 0.29) is 23.9 Å². The van der Waals surface area contributed by atoms with Crippen LogP contribution in [0.5, 0.6) is 5.75 Å². The van der Waals surface area contributed by atoms with Gasteiger partial charge in [-0.1, -0.05) is 29.3 Å². The van der Waals surface area contributed by atoms with Crippen LogP contribution in [0, 0.1) is 11.6 Å². The van der Waals surface area contributed by atoms with Crippen molar-refractivity contribution in [2.75, 3.05) is 18.5 Å². The highest BCUT2D eigenvalue weighted by molar-refractivity contribution is 6.43. The molecule has 0 bridgehead atoms. The van der Waals surface area contributed by atoms with Gasteiger partial charge in [-0.05, 0) is 24.3 Å². The SMILES string of the molecule is O=C(NCCOc1ccc(F)c(F)c1)Nc1cccc(Cl)c1Cl. The summed E-state index contributed by atoms with van der Waals surface area (Å²) in [7, 11) is 0. The number of hydrogen-bond acceptors (Lipinski definition) is 2. The van der Waals surface area contributed by atoms with E-state index in [9.17, 15) is 13.6 Å². The molecule has 0 aromatic heterocycles. The van der Waals surface area contributed by atoms with Crippen LogP contribution in [0.3, 0.4) is 0 Å². The molecule has 0 aliphatic heterocycles. The predicted octanol–water partition coefficient (Wildman–Crippen LogP) is 4.47.